The minimum Gasteiger partial charge on any atom is -0.257 e. The van der Waals surface area contributed by atoms with Crippen LogP contribution < -0.4 is 0 Å². The molecule has 3 nitrogen and oxygen atoms in total. The number of thiophene rings is 1. The van der Waals surface area contributed by atoms with Crippen molar-refractivity contribution in [2.75, 3.05) is 0 Å². The summed E-state index contributed by atoms with van der Waals surface area (Å²) < 4.78 is 1.85. The van der Waals surface area contributed by atoms with Crippen LogP contribution in [0.4, 0.5) is 0 Å². The average molecular weight is 289 g/mol. The highest BCUT2D eigenvalue weighted by molar-refractivity contribution is 7.19. The predicted molar refractivity (Wildman–Crippen MR) is 86.2 cm³/mol. The first-order valence-electron chi connectivity index (χ1n) is 6.62. The molecule has 0 unspecified atom stereocenters. The summed E-state index contributed by atoms with van der Waals surface area (Å²) in [7, 11) is 1.92. The summed E-state index contributed by atoms with van der Waals surface area (Å²) in [6, 6.07) is 18.8. The molecule has 0 aliphatic heterocycles. The number of benzene rings is 2. The molecule has 4 rings (SSSR count). The smallest absolute Gasteiger partial charge is 0.122 e. The van der Waals surface area contributed by atoms with Crippen LogP contribution in [-0.2, 0) is 7.05 Å². The zero-order valence-electron chi connectivity index (χ0n) is 11.4. The van der Waals surface area contributed by atoms with Crippen LogP contribution in [0.25, 0.3) is 32.2 Å². The summed E-state index contributed by atoms with van der Waals surface area (Å²) in [6.45, 7) is 0. The maximum Gasteiger partial charge on any atom is 0.122 e. The highest BCUT2D eigenvalue weighted by Crippen LogP contribution is 2.34. The van der Waals surface area contributed by atoms with Crippen LogP contribution >= 0.6 is 11.3 Å². The van der Waals surface area contributed by atoms with Gasteiger partial charge in [0.25, 0.3) is 0 Å². The Balaban J connectivity index is 1.99. The minimum absolute atomic E-state index is 0.722. The SMILES string of the molecule is Cn1nc(-c2ccc3ccccc3c2)c2cc(C#N)sc21. The summed E-state index contributed by atoms with van der Waals surface area (Å²) >= 11 is 1.48. The predicted octanol–water partition coefficient (Wildman–Crippen LogP) is 4.33. The van der Waals surface area contributed by atoms with E-state index in [0.717, 1.165) is 26.4 Å². The first kappa shape index (κ1) is 12.1. The van der Waals surface area contributed by atoms with Crippen LogP contribution in [0, 0.1) is 11.3 Å². The Morgan fingerprint density at radius 2 is 1.90 bits per heavy atom. The van der Waals surface area contributed by atoms with Gasteiger partial charge in [-0.15, -0.1) is 11.3 Å². The second-order valence-corrected chi connectivity index (χ2v) is 6.01. The molecule has 0 bridgehead atoms. The summed E-state index contributed by atoms with van der Waals surface area (Å²) in [4.78, 5) is 1.76. The third-order valence-corrected chi connectivity index (χ3v) is 4.75. The Morgan fingerprint density at radius 3 is 2.71 bits per heavy atom. The Morgan fingerprint density at radius 1 is 1.10 bits per heavy atom. The third-order valence-electron chi connectivity index (χ3n) is 3.64. The van der Waals surface area contributed by atoms with Gasteiger partial charge in [0.2, 0.25) is 0 Å². The van der Waals surface area contributed by atoms with Gasteiger partial charge in [0.15, 0.2) is 0 Å². The molecule has 0 spiro atoms. The molecule has 4 heteroatoms. The molecule has 4 aromatic rings. The van der Waals surface area contributed by atoms with Crippen molar-refractivity contribution < 1.29 is 0 Å². The molecule has 0 radical (unpaired) electrons. The van der Waals surface area contributed by atoms with E-state index in [2.05, 4.69) is 41.5 Å². The van der Waals surface area contributed by atoms with E-state index in [1.54, 1.807) is 0 Å². The largest absolute Gasteiger partial charge is 0.257 e. The molecule has 21 heavy (non-hydrogen) atoms. The molecule has 100 valence electrons. The zero-order valence-corrected chi connectivity index (χ0v) is 12.2. The van der Waals surface area contributed by atoms with Gasteiger partial charge in [-0.25, -0.2) is 0 Å². The molecule has 2 aromatic carbocycles. The van der Waals surface area contributed by atoms with Crippen LogP contribution in [0.2, 0.25) is 0 Å². The van der Waals surface area contributed by atoms with Gasteiger partial charge in [-0.3, -0.25) is 4.68 Å². The molecule has 0 aliphatic carbocycles. The number of rotatable bonds is 1. The fourth-order valence-corrected chi connectivity index (χ4v) is 3.51. The van der Waals surface area contributed by atoms with Crippen molar-refractivity contribution in [2.24, 2.45) is 7.05 Å². The number of nitrogens with zero attached hydrogens (tertiary/aromatic N) is 3. The van der Waals surface area contributed by atoms with Crippen LogP contribution in [0.1, 0.15) is 4.88 Å². The van der Waals surface area contributed by atoms with Gasteiger partial charge >= 0.3 is 0 Å². The van der Waals surface area contributed by atoms with Crippen molar-refractivity contribution >= 4 is 32.3 Å². The lowest BCUT2D eigenvalue weighted by molar-refractivity contribution is 0.806. The van der Waals surface area contributed by atoms with E-state index in [9.17, 15) is 0 Å². The van der Waals surface area contributed by atoms with Crippen molar-refractivity contribution in [3.8, 4) is 17.3 Å². The summed E-state index contributed by atoms with van der Waals surface area (Å²) in [5.41, 5.74) is 2.03. The number of hydrogen-bond donors (Lipinski definition) is 0. The molecule has 2 heterocycles. The second kappa shape index (κ2) is 4.44. The van der Waals surface area contributed by atoms with E-state index >= 15 is 0 Å². The summed E-state index contributed by atoms with van der Waals surface area (Å²) in [6.07, 6.45) is 0. The van der Waals surface area contributed by atoms with Crippen molar-refractivity contribution in [1.29, 1.82) is 5.26 Å². The Hall–Kier alpha value is -2.64. The Kier molecular flexibility index (Phi) is 2.56. The van der Waals surface area contributed by atoms with Gasteiger partial charge < -0.3 is 0 Å². The topological polar surface area (TPSA) is 41.6 Å². The van der Waals surface area contributed by atoms with E-state index in [1.807, 2.05) is 29.9 Å². The van der Waals surface area contributed by atoms with E-state index in [-0.39, 0.29) is 0 Å². The highest BCUT2D eigenvalue weighted by atomic mass is 32.1. The molecule has 0 fully saturated rings. The lowest BCUT2D eigenvalue weighted by atomic mass is 10.0. The first-order valence-corrected chi connectivity index (χ1v) is 7.44. The molecule has 0 amide bonds. The van der Waals surface area contributed by atoms with Gasteiger partial charge in [0.1, 0.15) is 21.5 Å². The number of nitriles is 1. The monoisotopic (exact) mass is 289 g/mol. The van der Waals surface area contributed by atoms with Crippen molar-refractivity contribution in [1.82, 2.24) is 9.78 Å². The summed E-state index contributed by atoms with van der Waals surface area (Å²) in [5.74, 6) is 0. The molecular weight excluding hydrogens is 278 g/mol. The van der Waals surface area contributed by atoms with Crippen LogP contribution in [0.3, 0.4) is 0 Å². The van der Waals surface area contributed by atoms with Crippen LogP contribution in [0.15, 0.2) is 48.5 Å². The second-order valence-electron chi connectivity index (χ2n) is 4.98. The zero-order chi connectivity index (χ0) is 14.4. The molecule has 0 atom stereocenters. The van der Waals surface area contributed by atoms with Crippen molar-refractivity contribution in [3.63, 3.8) is 0 Å². The van der Waals surface area contributed by atoms with Crippen molar-refractivity contribution in [3.05, 3.63) is 53.4 Å². The van der Waals surface area contributed by atoms with E-state index in [0.29, 0.717) is 0 Å². The number of hydrogen-bond acceptors (Lipinski definition) is 3. The van der Waals surface area contributed by atoms with Crippen LogP contribution in [-0.4, -0.2) is 9.78 Å². The molecule has 0 saturated carbocycles. The van der Waals surface area contributed by atoms with Gasteiger partial charge in [-0.2, -0.15) is 10.4 Å². The van der Waals surface area contributed by atoms with E-state index in [4.69, 9.17) is 5.26 Å². The van der Waals surface area contributed by atoms with Gasteiger partial charge in [-0.1, -0.05) is 36.4 Å². The Bertz CT molecular complexity index is 1020. The molecule has 0 aliphatic rings. The molecule has 0 saturated heterocycles. The normalized spacial score (nSPS) is 11.0. The average Bonchev–Trinajstić information content (AvgIpc) is 3.07. The number of fused-ring (bicyclic) bond motifs is 2. The quantitative estimate of drug-likeness (QED) is 0.523. The van der Waals surface area contributed by atoms with Gasteiger partial charge in [0.05, 0.1) is 0 Å². The molecular formula is C17H11N3S. The van der Waals surface area contributed by atoms with Gasteiger partial charge in [0, 0.05) is 18.0 Å². The van der Waals surface area contributed by atoms with E-state index in [1.165, 1.54) is 22.1 Å². The Labute approximate surface area is 125 Å². The third kappa shape index (κ3) is 1.83. The summed E-state index contributed by atoms with van der Waals surface area (Å²) in [5, 5.41) is 17.2. The highest BCUT2D eigenvalue weighted by Gasteiger charge is 2.14. The lowest BCUT2D eigenvalue weighted by Crippen LogP contribution is -1.89. The molecule has 0 N–H and O–H groups in total. The van der Waals surface area contributed by atoms with E-state index < -0.39 is 0 Å². The number of aromatic nitrogens is 2. The first-order chi connectivity index (χ1) is 10.3. The molecule has 2 aromatic heterocycles. The van der Waals surface area contributed by atoms with Gasteiger partial charge in [-0.05, 0) is 22.9 Å². The lowest BCUT2D eigenvalue weighted by Gasteiger charge is -2.01. The standard InChI is InChI=1S/C17H11N3S/c1-20-17-15(9-14(10-18)21-17)16(19-20)13-7-6-11-4-2-3-5-12(11)8-13/h2-9H,1H3. The van der Waals surface area contributed by atoms with Crippen molar-refractivity contribution in [2.45, 2.75) is 0 Å². The van der Waals surface area contributed by atoms with Crippen LogP contribution in [0.5, 0.6) is 0 Å². The minimum atomic E-state index is 0.722. The fraction of sp³-hybridized carbons (Fsp3) is 0.0588. The fourth-order valence-electron chi connectivity index (χ4n) is 2.65. The maximum atomic E-state index is 9.08. The number of aryl methyl sites for hydroxylation is 1. The maximum absolute atomic E-state index is 9.08.